The van der Waals surface area contributed by atoms with Crippen molar-refractivity contribution in [3.63, 3.8) is 0 Å². The first-order chi connectivity index (χ1) is 26.5. The van der Waals surface area contributed by atoms with E-state index in [2.05, 4.69) is 152 Å². The predicted molar refractivity (Wildman–Crippen MR) is 232 cm³/mol. The number of unbranched alkanes of at least 4 members (excludes halogenated alkanes) is 1. The van der Waals surface area contributed by atoms with Crippen LogP contribution in [0.4, 0.5) is 0 Å². The van der Waals surface area contributed by atoms with Crippen molar-refractivity contribution in [2.75, 3.05) is 13.1 Å². The molecular weight excluding hydrogens is 669 g/mol. The minimum absolute atomic E-state index is 0.0609. The van der Waals surface area contributed by atoms with Crippen LogP contribution in [-0.4, -0.2) is 36.0 Å². The molecule has 0 aliphatic carbocycles. The molecule has 0 spiro atoms. The van der Waals surface area contributed by atoms with Gasteiger partial charge >= 0.3 is 5.97 Å². The summed E-state index contributed by atoms with van der Waals surface area (Å²) >= 11 is 0. The smallest absolute Gasteiger partial charge is 0.306 e. The zero-order valence-corrected chi connectivity index (χ0v) is 33.6. The Kier molecular flexibility index (Phi) is 37.9. The van der Waals surface area contributed by atoms with E-state index in [9.17, 15) is 19.5 Å². The second-order valence-corrected chi connectivity index (χ2v) is 12.9. The molecule has 0 rings (SSSR count). The molecule has 0 aliphatic rings. The van der Waals surface area contributed by atoms with Crippen LogP contribution in [0.3, 0.4) is 0 Å². The van der Waals surface area contributed by atoms with E-state index < -0.39 is 11.9 Å². The van der Waals surface area contributed by atoms with Crippen molar-refractivity contribution in [1.29, 1.82) is 0 Å². The average Bonchev–Trinajstić information content (AvgIpc) is 3.16. The monoisotopic (exact) mass is 741 g/mol. The van der Waals surface area contributed by atoms with Crippen LogP contribution in [0, 0.1) is 5.92 Å². The van der Waals surface area contributed by atoms with Gasteiger partial charge in [-0.05, 0) is 103 Å². The van der Waals surface area contributed by atoms with Gasteiger partial charge < -0.3 is 15.7 Å². The SMILES string of the molecule is CCC=CCC=CCC=CCC=CCC=CCC=CCCC(=O)NCCC(CCNC(=O)CCCC=CCC=CCC=CCC=CCC=CCC)C(=O)O. The molecule has 0 aromatic carbocycles. The number of hydrogen-bond acceptors (Lipinski definition) is 3. The lowest BCUT2D eigenvalue weighted by Crippen LogP contribution is -2.30. The molecule has 298 valence electrons. The number of rotatable bonds is 34. The van der Waals surface area contributed by atoms with Crippen LogP contribution in [-0.2, 0) is 14.4 Å². The van der Waals surface area contributed by atoms with Crippen molar-refractivity contribution in [2.45, 2.75) is 129 Å². The van der Waals surface area contributed by atoms with Gasteiger partial charge in [-0.3, -0.25) is 14.4 Å². The maximum absolute atomic E-state index is 12.2. The Morgan fingerprint density at radius 3 is 1.06 bits per heavy atom. The summed E-state index contributed by atoms with van der Waals surface area (Å²) in [4.78, 5) is 36.1. The van der Waals surface area contributed by atoms with Crippen molar-refractivity contribution in [2.24, 2.45) is 5.92 Å². The highest BCUT2D eigenvalue weighted by Crippen LogP contribution is 2.08. The second kappa shape index (κ2) is 41.3. The molecular formula is C48H72N2O4. The standard InChI is InChI=1S/C48H72N2O4/c1-3-5-7-9-11-13-15-17-19-21-22-24-26-28-30-32-34-36-38-40-47(52)50-44-42-45(48(53)54)41-43-49-46(51)39-37-35-33-31-29-27-25-23-20-18-16-14-12-10-8-6-4-2/h5-8,11-14,17-20,22,24-25,27-28,30-31,33-34,36,45H,3-4,9-10,15-16,21,23,26,29,32,35,37-44H2,1-2H3,(H,49,51)(H,50,52)(H,53,54). The van der Waals surface area contributed by atoms with Gasteiger partial charge in [0, 0.05) is 25.9 Å². The Labute approximate surface area is 329 Å². The fourth-order valence-corrected chi connectivity index (χ4v) is 4.94. The van der Waals surface area contributed by atoms with Crippen LogP contribution < -0.4 is 10.6 Å². The summed E-state index contributed by atoms with van der Waals surface area (Å²) in [5.74, 6) is -1.67. The molecule has 54 heavy (non-hydrogen) atoms. The number of hydrogen-bond donors (Lipinski definition) is 3. The first-order valence-corrected chi connectivity index (χ1v) is 20.4. The Morgan fingerprint density at radius 1 is 0.426 bits per heavy atom. The molecule has 1 atom stereocenters. The van der Waals surface area contributed by atoms with Crippen LogP contribution in [0.15, 0.2) is 134 Å². The van der Waals surface area contributed by atoms with Gasteiger partial charge in [-0.1, -0.05) is 148 Å². The zero-order chi connectivity index (χ0) is 39.4. The molecule has 1 unspecified atom stereocenters. The number of carbonyl (C=O) groups excluding carboxylic acids is 2. The molecule has 0 heterocycles. The zero-order valence-electron chi connectivity index (χ0n) is 33.6. The predicted octanol–water partition coefficient (Wildman–Crippen LogP) is 12.1. The van der Waals surface area contributed by atoms with Crippen molar-refractivity contribution in [3.05, 3.63) is 134 Å². The molecule has 0 aromatic heterocycles. The third-order valence-corrected chi connectivity index (χ3v) is 8.05. The van der Waals surface area contributed by atoms with Crippen LogP contribution >= 0.6 is 0 Å². The van der Waals surface area contributed by atoms with E-state index in [0.29, 0.717) is 45.2 Å². The van der Waals surface area contributed by atoms with Crippen LogP contribution in [0.5, 0.6) is 0 Å². The van der Waals surface area contributed by atoms with Crippen LogP contribution in [0.25, 0.3) is 0 Å². The maximum Gasteiger partial charge on any atom is 0.306 e. The first-order valence-electron chi connectivity index (χ1n) is 20.4. The molecule has 0 radical (unpaired) electrons. The lowest BCUT2D eigenvalue weighted by atomic mass is 10.0. The van der Waals surface area contributed by atoms with E-state index in [1.807, 2.05) is 6.08 Å². The van der Waals surface area contributed by atoms with Crippen molar-refractivity contribution < 1.29 is 19.5 Å². The quantitative estimate of drug-likeness (QED) is 0.0452. The van der Waals surface area contributed by atoms with E-state index in [1.54, 1.807) is 0 Å². The fourth-order valence-electron chi connectivity index (χ4n) is 4.94. The summed E-state index contributed by atoms with van der Waals surface area (Å²) in [6.07, 6.45) is 61.8. The molecule has 6 nitrogen and oxygen atoms in total. The van der Waals surface area contributed by atoms with Gasteiger partial charge in [-0.25, -0.2) is 0 Å². The number of carbonyl (C=O) groups is 3. The molecule has 0 fully saturated rings. The second-order valence-electron chi connectivity index (χ2n) is 12.9. The van der Waals surface area contributed by atoms with Gasteiger partial charge in [0.15, 0.2) is 0 Å². The highest BCUT2D eigenvalue weighted by atomic mass is 16.4. The normalized spacial score (nSPS) is 13.5. The van der Waals surface area contributed by atoms with Gasteiger partial charge in [-0.15, -0.1) is 0 Å². The number of aliphatic carboxylic acids is 1. The Morgan fingerprint density at radius 2 is 0.722 bits per heavy atom. The topological polar surface area (TPSA) is 95.5 Å². The largest absolute Gasteiger partial charge is 0.481 e. The van der Waals surface area contributed by atoms with E-state index >= 15 is 0 Å². The number of amides is 2. The summed E-state index contributed by atoms with van der Waals surface area (Å²) in [5.41, 5.74) is 0. The molecule has 0 saturated carbocycles. The highest BCUT2D eigenvalue weighted by Gasteiger charge is 2.17. The fraction of sp³-hybridized carbons (Fsp3) is 0.479. The van der Waals surface area contributed by atoms with Crippen molar-refractivity contribution in [1.82, 2.24) is 10.6 Å². The minimum Gasteiger partial charge on any atom is -0.481 e. The molecule has 2 amide bonds. The van der Waals surface area contributed by atoms with Crippen LogP contribution in [0.2, 0.25) is 0 Å². The summed E-state index contributed by atoms with van der Waals surface area (Å²) in [6, 6.07) is 0. The van der Waals surface area contributed by atoms with E-state index in [0.717, 1.165) is 83.5 Å². The molecule has 0 aliphatic heterocycles. The van der Waals surface area contributed by atoms with Crippen LogP contribution in [0.1, 0.15) is 129 Å². The molecule has 0 aromatic rings. The van der Waals surface area contributed by atoms with Gasteiger partial charge in [0.1, 0.15) is 0 Å². The third-order valence-electron chi connectivity index (χ3n) is 8.05. The Hall–Kier alpha value is -4.45. The first kappa shape index (κ1) is 49.6. The Balaban J connectivity index is 3.89. The molecule has 6 heteroatoms. The Bertz CT molecular complexity index is 1270. The van der Waals surface area contributed by atoms with Crippen molar-refractivity contribution >= 4 is 17.8 Å². The maximum atomic E-state index is 12.2. The van der Waals surface area contributed by atoms with Crippen molar-refractivity contribution in [3.8, 4) is 0 Å². The van der Waals surface area contributed by atoms with Gasteiger partial charge in [0.05, 0.1) is 5.92 Å². The number of carboxylic acid groups (broad SMARTS) is 1. The number of allylic oxidation sites excluding steroid dienone is 22. The molecule has 0 bridgehead atoms. The average molecular weight is 741 g/mol. The van der Waals surface area contributed by atoms with E-state index in [-0.39, 0.29) is 11.8 Å². The summed E-state index contributed by atoms with van der Waals surface area (Å²) < 4.78 is 0. The lowest BCUT2D eigenvalue weighted by molar-refractivity contribution is -0.142. The highest BCUT2D eigenvalue weighted by molar-refractivity contribution is 5.76. The summed E-state index contributed by atoms with van der Waals surface area (Å²) in [6.45, 7) is 4.91. The third kappa shape index (κ3) is 38.8. The molecule has 3 N–H and O–H groups in total. The van der Waals surface area contributed by atoms with E-state index in [1.165, 1.54) is 0 Å². The molecule has 0 saturated heterocycles. The summed E-state index contributed by atoms with van der Waals surface area (Å²) in [7, 11) is 0. The van der Waals surface area contributed by atoms with Gasteiger partial charge in [-0.2, -0.15) is 0 Å². The summed E-state index contributed by atoms with van der Waals surface area (Å²) in [5, 5.41) is 15.2. The van der Waals surface area contributed by atoms with E-state index in [4.69, 9.17) is 0 Å². The number of carboxylic acids is 1. The number of nitrogens with one attached hydrogen (secondary N) is 2. The van der Waals surface area contributed by atoms with Gasteiger partial charge in [0.25, 0.3) is 0 Å². The lowest BCUT2D eigenvalue weighted by Gasteiger charge is -2.13. The minimum atomic E-state index is -0.908. The van der Waals surface area contributed by atoms with Gasteiger partial charge in [0.2, 0.25) is 11.8 Å².